The average Bonchev–Trinajstić information content (AvgIpc) is 2.86. The molecule has 1 aromatic carbocycles. The number of hydrogen-bond acceptors (Lipinski definition) is 4. The van der Waals surface area contributed by atoms with Crippen LogP contribution in [0.25, 0.3) is 10.4 Å². The zero-order valence-corrected chi connectivity index (χ0v) is 12.7. The van der Waals surface area contributed by atoms with Gasteiger partial charge >= 0.3 is 0 Å². The molecule has 2 aromatic rings. The first-order valence-electron chi connectivity index (χ1n) is 6.45. The van der Waals surface area contributed by atoms with Crippen LogP contribution in [-0.2, 0) is 4.79 Å². The van der Waals surface area contributed by atoms with Gasteiger partial charge in [0, 0.05) is 6.20 Å². The molecule has 0 saturated heterocycles. The number of thiazole rings is 1. The number of amides is 1. The Morgan fingerprint density at radius 3 is 2.55 bits per heavy atom. The molecule has 5 heteroatoms. The van der Waals surface area contributed by atoms with Crippen molar-refractivity contribution in [1.82, 2.24) is 4.98 Å². The van der Waals surface area contributed by atoms with E-state index in [9.17, 15) is 4.79 Å². The maximum absolute atomic E-state index is 12.0. The van der Waals surface area contributed by atoms with Crippen LogP contribution in [-0.4, -0.2) is 16.9 Å². The summed E-state index contributed by atoms with van der Waals surface area (Å²) in [4.78, 5) is 17.3. The molecular formula is C15H19N3OS. The molecular weight excluding hydrogens is 270 g/mol. The highest BCUT2D eigenvalue weighted by atomic mass is 32.1. The molecule has 3 N–H and O–H groups in total. The smallest absolute Gasteiger partial charge is 0.243 e. The monoisotopic (exact) mass is 289 g/mol. The van der Waals surface area contributed by atoms with Gasteiger partial charge in [0.25, 0.3) is 0 Å². The van der Waals surface area contributed by atoms with Gasteiger partial charge in [0.2, 0.25) is 5.91 Å². The molecule has 0 unspecified atom stereocenters. The third kappa shape index (κ3) is 3.43. The van der Waals surface area contributed by atoms with E-state index in [0.29, 0.717) is 5.13 Å². The summed E-state index contributed by atoms with van der Waals surface area (Å²) in [6.07, 6.45) is 1.76. The van der Waals surface area contributed by atoms with Crippen LogP contribution >= 0.6 is 11.3 Å². The van der Waals surface area contributed by atoms with Crippen LogP contribution in [0.5, 0.6) is 0 Å². The largest absolute Gasteiger partial charge is 0.319 e. The van der Waals surface area contributed by atoms with Crippen LogP contribution in [0.2, 0.25) is 0 Å². The first kappa shape index (κ1) is 14.7. The lowest BCUT2D eigenvalue weighted by Crippen LogP contribution is -2.45. The molecule has 0 aliphatic carbocycles. The van der Waals surface area contributed by atoms with Crippen molar-refractivity contribution in [1.29, 1.82) is 0 Å². The Morgan fingerprint density at radius 2 is 1.95 bits per heavy atom. The molecule has 20 heavy (non-hydrogen) atoms. The number of rotatable bonds is 3. The summed E-state index contributed by atoms with van der Waals surface area (Å²) in [7, 11) is 0. The molecule has 1 aromatic heterocycles. The van der Waals surface area contributed by atoms with Crippen LogP contribution in [0, 0.1) is 5.41 Å². The molecule has 4 nitrogen and oxygen atoms in total. The normalized spacial score (nSPS) is 13.0. The van der Waals surface area contributed by atoms with E-state index in [-0.39, 0.29) is 11.3 Å². The van der Waals surface area contributed by atoms with Gasteiger partial charge in [-0.2, -0.15) is 0 Å². The molecule has 1 heterocycles. The predicted octanol–water partition coefficient (Wildman–Crippen LogP) is 3.12. The van der Waals surface area contributed by atoms with E-state index in [1.54, 1.807) is 6.20 Å². The highest BCUT2D eigenvalue weighted by Gasteiger charge is 2.27. The van der Waals surface area contributed by atoms with Gasteiger partial charge in [-0.15, -0.1) is 0 Å². The number of anilines is 1. The fourth-order valence-electron chi connectivity index (χ4n) is 1.64. The predicted molar refractivity (Wildman–Crippen MR) is 83.6 cm³/mol. The summed E-state index contributed by atoms with van der Waals surface area (Å²) >= 11 is 1.44. The van der Waals surface area contributed by atoms with E-state index in [0.717, 1.165) is 10.4 Å². The van der Waals surface area contributed by atoms with Gasteiger partial charge in [-0.25, -0.2) is 4.98 Å². The summed E-state index contributed by atoms with van der Waals surface area (Å²) < 4.78 is 0. The lowest BCUT2D eigenvalue weighted by molar-refractivity contribution is -0.119. The molecule has 1 amide bonds. The van der Waals surface area contributed by atoms with Crippen LogP contribution in [0.1, 0.15) is 20.8 Å². The molecule has 1 atom stereocenters. The summed E-state index contributed by atoms with van der Waals surface area (Å²) in [5.74, 6) is -0.202. The Kier molecular flexibility index (Phi) is 4.20. The molecule has 0 saturated carbocycles. The van der Waals surface area contributed by atoms with Crippen molar-refractivity contribution in [2.45, 2.75) is 26.8 Å². The van der Waals surface area contributed by atoms with E-state index in [1.165, 1.54) is 11.3 Å². The molecule has 2 rings (SSSR count). The van der Waals surface area contributed by atoms with Crippen LogP contribution in [0.15, 0.2) is 36.5 Å². The van der Waals surface area contributed by atoms with Crippen LogP contribution in [0.3, 0.4) is 0 Å². The standard InChI is InChI=1S/C15H19N3OS/c1-15(2,3)12(16)13(19)18-14-17-9-11(20-14)10-7-5-4-6-8-10/h4-9,12H,16H2,1-3H3,(H,17,18,19)/t12-/m1/s1. The summed E-state index contributed by atoms with van der Waals surface area (Å²) in [5, 5.41) is 3.36. The number of hydrogen-bond donors (Lipinski definition) is 2. The maximum Gasteiger partial charge on any atom is 0.243 e. The van der Waals surface area contributed by atoms with Crippen molar-refractivity contribution in [2.24, 2.45) is 11.1 Å². The summed E-state index contributed by atoms with van der Waals surface area (Å²) in [6, 6.07) is 9.38. The van der Waals surface area contributed by atoms with Gasteiger partial charge < -0.3 is 11.1 Å². The number of nitrogens with zero attached hydrogens (tertiary/aromatic N) is 1. The second-order valence-electron chi connectivity index (χ2n) is 5.73. The van der Waals surface area contributed by atoms with Crippen molar-refractivity contribution in [2.75, 3.05) is 5.32 Å². The summed E-state index contributed by atoms with van der Waals surface area (Å²) in [6.45, 7) is 5.82. The third-order valence-electron chi connectivity index (χ3n) is 3.01. The van der Waals surface area contributed by atoms with Gasteiger partial charge in [0.1, 0.15) is 0 Å². The van der Waals surface area contributed by atoms with Gasteiger partial charge in [-0.05, 0) is 11.0 Å². The highest BCUT2D eigenvalue weighted by molar-refractivity contribution is 7.19. The fourth-order valence-corrected chi connectivity index (χ4v) is 2.47. The van der Waals surface area contributed by atoms with Crippen molar-refractivity contribution < 1.29 is 4.79 Å². The quantitative estimate of drug-likeness (QED) is 0.912. The van der Waals surface area contributed by atoms with Crippen LogP contribution < -0.4 is 11.1 Å². The second-order valence-corrected chi connectivity index (χ2v) is 6.76. The van der Waals surface area contributed by atoms with E-state index >= 15 is 0 Å². The van der Waals surface area contributed by atoms with Crippen molar-refractivity contribution in [3.63, 3.8) is 0 Å². The van der Waals surface area contributed by atoms with E-state index < -0.39 is 6.04 Å². The Labute approximate surface area is 123 Å². The SMILES string of the molecule is CC(C)(C)[C@H](N)C(=O)Nc1ncc(-c2ccccc2)s1. The first-order valence-corrected chi connectivity index (χ1v) is 7.27. The van der Waals surface area contributed by atoms with E-state index in [4.69, 9.17) is 5.73 Å². The van der Waals surface area contributed by atoms with Gasteiger partial charge in [-0.3, -0.25) is 4.79 Å². The lowest BCUT2D eigenvalue weighted by Gasteiger charge is -2.25. The van der Waals surface area contributed by atoms with E-state index in [1.807, 2.05) is 51.1 Å². The molecule has 0 aliphatic rings. The number of nitrogens with two attached hydrogens (primary N) is 1. The highest BCUT2D eigenvalue weighted by Crippen LogP contribution is 2.29. The van der Waals surface area contributed by atoms with Crippen molar-refractivity contribution in [3.05, 3.63) is 36.5 Å². The Hall–Kier alpha value is -1.72. The molecule has 0 aliphatic heterocycles. The molecule has 106 valence electrons. The Balaban J connectivity index is 2.09. The Bertz CT molecular complexity index is 587. The van der Waals surface area contributed by atoms with E-state index in [2.05, 4.69) is 10.3 Å². The minimum absolute atomic E-state index is 0.202. The minimum atomic E-state index is -0.563. The molecule has 0 fully saturated rings. The zero-order chi connectivity index (χ0) is 14.8. The van der Waals surface area contributed by atoms with Crippen LogP contribution in [0.4, 0.5) is 5.13 Å². The number of carbonyl (C=O) groups is 1. The van der Waals surface area contributed by atoms with Gasteiger partial charge in [-0.1, -0.05) is 62.4 Å². The van der Waals surface area contributed by atoms with Crippen molar-refractivity contribution >= 4 is 22.4 Å². The number of nitrogens with one attached hydrogen (secondary N) is 1. The Morgan fingerprint density at radius 1 is 1.30 bits per heavy atom. The number of benzene rings is 1. The third-order valence-corrected chi connectivity index (χ3v) is 3.97. The summed E-state index contributed by atoms with van der Waals surface area (Å²) in [5.41, 5.74) is 6.74. The van der Waals surface area contributed by atoms with Gasteiger partial charge in [0.15, 0.2) is 5.13 Å². The number of aromatic nitrogens is 1. The molecule has 0 bridgehead atoms. The van der Waals surface area contributed by atoms with Crippen molar-refractivity contribution in [3.8, 4) is 10.4 Å². The first-order chi connectivity index (χ1) is 9.38. The fraction of sp³-hybridized carbons (Fsp3) is 0.333. The maximum atomic E-state index is 12.0. The lowest BCUT2D eigenvalue weighted by atomic mass is 9.87. The minimum Gasteiger partial charge on any atom is -0.319 e. The zero-order valence-electron chi connectivity index (χ0n) is 11.9. The molecule has 0 spiro atoms. The van der Waals surface area contributed by atoms with Gasteiger partial charge in [0.05, 0.1) is 10.9 Å². The second kappa shape index (κ2) is 5.73. The number of carbonyl (C=O) groups excluding carboxylic acids is 1. The topological polar surface area (TPSA) is 68.0 Å². The molecule has 0 radical (unpaired) electrons. The average molecular weight is 289 g/mol.